The number of sulfonamides is 1. The van der Waals surface area contributed by atoms with Gasteiger partial charge in [0, 0.05) is 6.04 Å². The molecule has 0 fully saturated rings. The molecule has 26 heavy (non-hydrogen) atoms. The Morgan fingerprint density at radius 2 is 1.69 bits per heavy atom. The Hall–Kier alpha value is -2.05. The lowest BCUT2D eigenvalue weighted by molar-refractivity contribution is 0.0935. The van der Waals surface area contributed by atoms with E-state index in [1.807, 2.05) is 20.8 Å². The largest absolute Gasteiger partial charge is 0.349 e. The van der Waals surface area contributed by atoms with Gasteiger partial charge in [-0.15, -0.1) is 0 Å². The van der Waals surface area contributed by atoms with Crippen LogP contribution in [0.1, 0.15) is 42.6 Å². The number of carbonyl (C=O) groups is 1. The second kappa shape index (κ2) is 8.56. The van der Waals surface area contributed by atoms with Crippen LogP contribution in [-0.2, 0) is 10.0 Å². The highest BCUT2D eigenvalue weighted by molar-refractivity contribution is 7.92. The van der Waals surface area contributed by atoms with E-state index in [4.69, 9.17) is 11.6 Å². The summed E-state index contributed by atoms with van der Waals surface area (Å²) in [5.74, 6) is -0.267. The molecule has 0 spiro atoms. The molecular formula is C19H23ClN2O3S. The first-order valence-corrected chi connectivity index (χ1v) is 10.3. The average molecular weight is 395 g/mol. The summed E-state index contributed by atoms with van der Waals surface area (Å²) in [6.07, 6.45) is 1.66. The number of hydrogen-bond donors (Lipinski definition) is 2. The Kier molecular flexibility index (Phi) is 6.67. The summed E-state index contributed by atoms with van der Waals surface area (Å²) in [6.45, 7) is 5.88. The van der Waals surface area contributed by atoms with Crippen molar-refractivity contribution in [2.45, 2.75) is 44.6 Å². The zero-order valence-electron chi connectivity index (χ0n) is 15.0. The molecule has 0 saturated carbocycles. The van der Waals surface area contributed by atoms with Crippen LogP contribution in [0.4, 0.5) is 5.69 Å². The van der Waals surface area contributed by atoms with E-state index >= 15 is 0 Å². The van der Waals surface area contributed by atoms with Crippen molar-refractivity contribution in [2.75, 3.05) is 4.72 Å². The van der Waals surface area contributed by atoms with Gasteiger partial charge in [0.05, 0.1) is 21.2 Å². The number of anilines is 1. The number of rotatable bonds is 7. The minimum atomic E-state index is -3.72. The molecule has 2 aromatic rings. The highest BCUT2D eigenvalue weighted by atomic mass is 35.5. The molecule has 0 heterocycles. The molecule has 0 aliphatic heterocycles. The molecule has 0 aliphatic carbocycles. The van der Waals surface area contributed by atoms with Gasteiger partial charge in [-0.25, -0.2) is 8.42 Å². The number of aryl methyl sites for hydroxylation is 1. The number of nitrogens with one attached hydrogen (secondary N) is 2. The van der Waals surface area contributed by atoms with Gasteiger partial charge in [0.25, 0.3) is 15.9 Å². The summed E-state index contributed by atoms with van der Waals surface area (Å²) in [5, 5.41) is 3.10. The Balaban J connectivity index is 2.18. The van der Waals surface area contributed by atoms with Crippen LogP contribution in [0.25, 0.3) is 0 Å². The zero-order valence-corrected chi connectivity index (χ0v) is 16.6. The quantitative estimate of drug-likeness (QED) is 0.732. The molecule has 140 valence electrons. The predicted octanol–water partition coefficient (Wildman–Crippen LogP) is 4.37. The topological polar surface area (TPSA) is 75.3 Å². The van der Waals surface area contributed by atoms with Gasteiger partial charge >= 0.3 is 0 Å². The summed E-state index contributed by atoms with van der Waals surface area (Å²) in [7, 11) is -3.72. The van der Waals surface area contributed by atoms with Crippen molar-refractivity contribution in [1.29, 1.82) is 0 Å². The monoisotopic (exact) mass is 394 g/mol. The summed E-state index contributed by atoms with van der Waals surface area (Å²) >= 11 is 6.19. The van der Waals surface area contributed by atoms with Gasteiger partial charge in [0.2, 0.25) is 0 Å². The molecular weight excluding hydrogens is 372 g/mol. The van der Waals surface area contributed by atoms with Crippen LogP contribution in [0, 0.1) is 6.92 Å². The minimum absolute atomic E-state index is 0.0817. The highest BCUT2D eigenvalue weighted by Crippen LogP contribution is 2.24. The lowest BCUT2D eigenvalue weighted by atomic mass is 10.1. The Labute approximate surface area is 159 Å². The van der Waals surface area contributed by atoms with Gasteiger partial charge in [-0.3, -0.25) is 9.52 Å². The zero-order chi connectivity index (χ0) is 19.3. The molecule has 0 unspecified atom stereocenters. The van der Waals surface area contributed by atoms with Crippen molar-refractivity contribution in [2.24, 2.45) is 0 Å². The van der Waals surface area contributed by atoms with E-state index in [0.29, 0.717) is 11.3 Å². The SMILES string of the molecule is CCC(CC)NC(=O)c1ccc(NS(=O)(=O)c2ccc(C)cc2)cc1Cl. The van der Waals surface area contributed by atoms with Gasteiger partial charge in [0.1, 0.15) is 0 Å². The summed E-state index contributed by atoms with van der Waals surface area (Å²) in [4.78, 5) is 12.5. The van der Waals surface area contributed by atoms with E-state index < -0.39 is 10.0 Å². The van der Waals surface area contributed by atoms with Crippen molar-refractivity contribution in [3.05, 3.63) is 58.6 Å². The molecule has 0 bridgehead atoms. The number of hydrogen-bond acceptors (Lipinski definition) is 3. The highest BCUT2D eigenvalue weighted by Gasteiger charge is 2.17. The third-order valence-corrected chi connectivity index (χ3v) is 5.83. The maximum absolute atomic E-state index is 12.4. The van der Waals surface area contributed by atoms with Crippen molar-refractivity contribution in [3.8, 4) is 0 Å². The molecule has 1 amide bonds. The summed E-state index contributed by atoms with van der Waals surface area (Å²) in [5.41, 5.74) is 1.59. The minimum Gasteiger partial charge on any atom is -0.349 e. The van der Waals surface area contributed by atoms with Crippen molar-refractivity contribution >= 4 is 33.2 Å². The molecule has 0 saturated heterocycles. The van der Waals surface area contributed by atoms with E-state index in [0.717, 1.165) is 18.4 Å². The lowest BCUT2D eigenvalue weighted by Gasteiger charge is -2.16. The van der Waals surface area contributed by atoms with E-state index in [9.17, 15) is 13.2 Å². The van der Waals surface area contributed by atoms with E-state index in [1.165, 1.54) is 30.3 Å². The molecule has 5 nitrogen and oxygen atoms in total. The van der Waals surface area contributed by atoms with Crippen LogP contribution >= 0.6 is 11.6 Å². The molecule has 0 aromatic heterocycles. The first kappa shape index (κ1) is 20.3. The Morgan fingerprint density at radius 1 is 1.08 bits per heavy atom. The number of halogens is 1. The van der Waals surface area contributed by atoms with E-state index in [1.54, 1.807) is 12.1 Å². The number of amides is 1. The fourth-order valence-electron chi connectivity index (χ4n) is 2.45. The summed E-state index contributed by atoms with van der Waals surface area (Å²) in [6, 6.07) is 11.1. The van der Waals surface area contributed by atoms with Crippen molar-refractivity contribution in [3.63, 3.8) is 0 Å². The van der Waals surface area contributed by atoms with Crippen LogP contribution in [0.15, 0.2) is 47.4 Å². The van der Waals surface area contributed by atoms with Gasteiger partial charge < -0.3 is 5.32 Å². The number of benzene rings is 2. The van der Waals surface area contributed by atoms with Crippen LogP contribution < -0.4 is 10.0 Å². The van der Waals surface area contributed by atoms with Crippen LogP contribution in [0.5, 0.6) is 0 Å². The molecule has 7 heteroatoms. The van der Waals surface area contributed by atoms with Crippen LogP contribution in [-0.4, -0.2) is 20.4 Å². The first-order valence-electron chi connectivity index (χ1n) is 8.46. The van der Waals surface area contributed by atoms with Crippen molar-refractivity contribution < 1.29 is 13.2 Å². The van der Waals surface area contributed by atoms with Gasteiger partial charge in [0.15, 0.2) is 0 Å². The lowest BCUT2D eigenvalue weighted by Crippen LogP contribution is -2.33. The van der Waals surface area contributed by atoms with Gasteiger partial charge in [-0.05, 0) is 50.1 Å². The van der Waals surface area contributed by atoms with Crippen LogP contribution in [0.2, 0.25) is 5.02 Å². The number of carbonyl (C=O) groups excluding carboxylic acids is 1. The average Bonchev–Trinajstić information content (AvgIpc) is 2.59. The molecule has 2 rings (SSSR count). The maximum atomic E-state index is 12.4. The molecule has 0 radical (unpaired) electrons. The Bertz CT molecular complexity index is 876. The van der Waals surface area contributed by atoms with Crippen LogP contribution in [0.3, 0.4) is 0 Å². The fraction of sp³-hybridized carbons (Fsp3) is 0.316. The fourth-order valence-corrected chi connectivity index (χ4v) is 3.77. The van der Waals surface area contributed by atoms with E-state index in [2.05, 4.69) is 10.0 Å². The van der Waals surface area contributed by atoms with E-state index in [-0.39, 0.29) is 21.9 Å². The molecule has 0 atom stereocenters. The third-order valence-electron chi connectivity index (χ3n) is 4.12. The maximum Gasteiger partial charge on any atom is 0.261 e. The van der Waals surface area contributed by atoms with Gasteiger partial charge in [-0.2, -0.15) is 0 Å². The molecule has 2 aromatic carbocycles. The predicted molar refractivity (Wildman–Crippen MR) is 105 cm³/mol. The molecule has 0 aliphatic rings. The standard InChI is InChI=1S/C19H23ClN2O3S/c1-4-14(5-2)21-19(23)17-11-8-15(12-18(17)20)22-26(24,25)16-9-6-13(3)7-10-16/h6-12,14,22H,4-5H2,1-3H3,(H,21,23). The smallest absolute Gasteiger partial charge is 0.261 e. The first-order chi connectivity index (χ1) is 12.3. The molecule has 2 N–H and O–H groups in total. The Morgan fingerprint density at radius 3 is 2.23 bits per heavy atom. The van der Waals surface area contributed by atoms with Gasteiger partial charge in [-0.1, -0.05) is 43.1 Å². The second-order valence-electron chi connectivity index (χ2n) is 6.10. The second-order valence-corrected chi connectivity index (χ2v) is 8.19. The van der Waals surface area contributed by atoms with Crippen molar-refractivity contribution in [1.82, 2.24) is 5.32 Å². The summed E-state index contributed by atoms with van der Waals surface area (Å²) < 4.78 is 27.3. The normalized spacial score (nSPS) is 11.4. The third kappa shape index (κ3) is 4.99.